The van der Waals surface area contributed by atoms with Crippen LogP contribution in [0.4, 0.5) is 0 Å². The first-order chi connectivity index (χ1) is 9.72. The quantitative estimate of drug-likeness (QED) is 0.844. The Kier molecular flexibility index (Phi) is 2.43. The molecule has 4 rings (SSSR count). The third-order valence-electron chi connectivity index (χ3n) is 4.63. The third kappa shape index (κ3) is 1.66. The highest BCUT2D eigenvalue weighted by Gasteiger charge is 2.37. The number of hydrogen-bond acceptors (Lipinski definition) is 2. The number of benzene rings is 1. The van der Waals surface area contributed by atoms with Gasteiger partial charge in [0.15, 0.2) is 0 Å². The number of carboxylic acids is 1. The number of carboxylic acid groups (broad SMARTS) is 1. The summed E-state index contributed by atoms with van der Waals surface area (Å²) in [4.78, 5) is 16.2. The van der Waals surface area contributed by atoms with Crippen LogP contribution >= 0.6 is 0 Å². The van der Waals surface area contributed by atoms with Crippen molar-refractivity contribution in [3.05, 3.63) is 53.7 Å². The number of rotatable bonds is 2. The fourth-order valence-corrected chi connectivity index (χ4v) is 3.68. The van der Waals surface area contributed by atoms with E-state index in [4.69, 9.17) is 4.98 Å². The van der Waals surface area contributed by atoms with Crippen LogP contribution in [-0.4, -0.2) is 16.1 Å². The summed E-state index contributed by atoms with van der Waals surface area (Å²) in [6, 6.07) is 9.27. The van der Waals surface area contributed by atoms with Crippen LogP contribution in [0.25, 0.3) is 10.9 Å². The van der Waals surface area contributed by atoms with Crippen LogP contribution in [0, 0.1) is 11.8 Å². The van der Waals surface area contributed by atoms with Gasteiger partial charge in [0.1, 0.15) is 0 Å². The third-order valence-corrected chi connectivity index (χ3v) is 4.63. The van der Waals surface area contributed by atoms with E-state index in [1.54, 1.807) is 6.07 Å². The summed E-state index contributed by atoms with van der Waals surface area (Å²) in [7, 11) is 0. The number of aromatic carboxylic acids is 1. The van der Waals surface area contributed by atoms with Gasteiger partial charge in [-0.3, -0.25) is 4.98 Å². The molecule has 0 aliphatic heterocycles. The Hall–Kier alpha value is -2.16. The molecule has 2 aliphatic rings. The van der Waals surface area contributed by atoms with Crippen molar-refractivity contribution in [2.75, 3.05) is 0 Å². The minimum atomic E-state index is -0.872. The average Bonchev–Trinajstić information content (AvgIpc) is 3.08. The zero-order valence-electron chi connectivity index (χ0n) is 11.0. The molecule has 3 atom stereocenters. The number of allylic oxidation sites excluding steroid dienone is 2. The maximum absolute atomic E-state index is 11.5. The summed E-state index contributed by atoms with van der Waals surface area (Å²) in [6.07, 6.45) is 6.86. The van der Waals surface area contributed by atoms with E-state index in [0.29, 0.717) is 23.3 Å². The first-order valence-corrected chi connectivity index (χ1v) is 7.03. The number of nitrogens with zero attached hydrogens (tertiary/aromatic N) is 1. The molecule has 3 heteroatoms. The van der Waals surface area contributed by atoms with Gasteiger partial charge in [-0.2, -0.15) is 0 Å². The molecular weight excluding hydrogens is 250 g/mol. The zero-order valence-corrected chi connectivity index (χ0v) is 11.0. The fourth-order valence-electron chi connectivity index (χ4n) is 3.68. The SMILES string of the molecule is O=C(O)c1cc([C@@H]2C[C@H]3C=C[C@H]2C3)nc2ccccc12. The summed E-state index contributed by atoms with van der Waals surface area (Å²) in [5, 5.41) is 10.2. The molecule has 1 heterocycles. The van der Waals surface area contributed by atoms with Crippen LogP contribution in [-0.2, 0) is 0 Å². The number of aromatic nitrogens is 1. The average molecular weight is 265 g/mol. The second-order valence-electron chi connectivity index (χ2n) is 5.80. The summed E-state index contributed by atoms with van der Waals surface area (Å²) in [6.45, 7) is 0. The van der Waals surface area contributed by atoms with Gasteiger partial charge < -0.3 is 5.11 Å². The summed E-state index contributed by atoms with van der Waals surface area (Å²) < 4.78 is 0. The Morgan fingerprint density at radius 1 is 1.20 bits per heavy atom. The lowest BCUT2D eigenvalue weighted by Crippen LogP contribution is -2.10. The Morgan fingerprint density at radius 3 is 2.75 bits per heavy atom. The van der Waals surface area contributed by atoms with Crippen LogP contribution in [0.5, 0.6) is 0 Å². The highest BCUT2D eigenvalue weighted by atomic mass is 16.4. The standard InChI is InChI=1S/C17H15NO2/c19-17(20)14-9-16(13-8-10-5-6-11(13)7-10)18-15-4-2-1-3-12(14)15/h1-6,9-11,13H,7-8H2,(H,19,20)/t10-,11-,13+/m0/s1. The van der Waals surface area contributed by atoms with Crippen LogP contribution < -0.4 is 0 Å². The minimum absolute atomic E-state index is 0.373. The molecule has 0 saturated heterocycles. The van der Waals surface area contributed by atoms with E-state index >= 15 is 0 Å². The Labute approximate surface area is 117 Å². The molecule has 20 heavy (non-hydrogen) atoms. The van der Waals surface area contributed by atoms with Crippen molar-refractivity contribution < 1.29 is 9.90 Å². The second kappa shape index (κ2) is 4.17. The maximum Gasteiger partial charge on any atom is 0.336 e. The lowest BCUT2D eigenvalue weighted by molar-refractivity contribution is 0.0699. The van der Waals surface area contributed by atoms with Gasteiger partial charge in [-0.15, -0.1) is 0 Å². The van der Waals surface area contributed by atoms with E-state index in [-0.39, 0.29) is 0 Å². The van der Waals surface area contributed by atoms with Crippen molar-refractivity contribution in [1.82, 2.24) is 4.98 Å². The predicted molar refractivity (Wildman–Crippen MR) is 76.8 cm³/mol. The molecule has 0 amide bonds. The van der Waals surface area contributed by atoms with E-state index in [2.05, 4.69) is 12.2 Å². The molecule has 0 spiro atoms. The molecule has 1 aromatic heterocycles. The lowest BCUT2D eigenvalue weighted by atomic mass is 9.89. The molecule has 1 aromatic carbocycles. The van der Waals surface area contributed by atoms with Gasteiger partial charge in [0.2, 0.25) is 0 Å². The molecule has 100 valence electrons. The van der Waals surface area contributed by atoms with Crippen LogP contribution in [0.3, 0.4) is 0 Å². The van der Waals surface area contributed by atoms with E-state index in [9.17, 15) is 9.90 Å². The summed E-state index contributed by atoms with van der Waals surface area (Å²) in [5.74, 6) is 0.707. The highest BCUT2D eigenvalue weighted by molar-refractivity contribution is 6.02. The lowest BCUT2D eigenvalue weighted by Gasteiger charge is -2.18. The van der Waals surface area contributed by atoms with Gasteiger partial charge in [0, 0.05) is 17.0 Å². The number of hydrogen-bond donors (Lipinski definition) is 1. The van der Waals surface area contributed by atoms with E-state index in [1.165, 1.54) is 6.42 Å². The Morgan fingerprint density at radius 2 is 2.05 bits per heavy atom. The molecule has 1 fully saturated rings. The van der Waals surface area contributed by atoms with Gasteiger partial charge >= 0.3 is 5.97 Å². The van der Waals surface area contributed by atoms with Crippen LogP contribution in [0.1, 0.15) is 34.8 Å². The van der Waals surface area contributed by atoms with E-state index < -0.39 is 5.97 Å². The van der Waals surface area contributed by atoms with Crippen LogP contribution in [0.15, 0.2) is 42.5 Å². The number of pyridine rings is 1. The molecule has 0 radical (unpaired) electrons. The van der Waals surface area contributed by atoms with Gasteiger partial charge in [-0.25, -0.2) is 4.79 Å². The van der Waals surface area contributed by atoms with Crippen molar-refractivity contribution in [1.29, 1.82) is 0 Å². The monoisotopic (exact) mass is 265 g/mol. The molecule has 1 N–H and O–H groups in total. The number of carbonyl (C=O) groups is 1. The molecule has 0 unspecified atom stereocenters. The van der Waals surface area contributed by atoms with E-state index in [0.717, 1.165) is 23.0 Å². The van der Waals surface area contributed by atoms with Crippen molar-refractivity contribution in [3.8, 4) is 0 Å². The van der Waals surface area contributed by atoms with Gasteiger partial charge in [-0.05, 0) is 36.8 Å². The first kappa shape index (κ1) is 11.6. The number of para-hydroxylation sites is 1. The smallest absolute Gasteiger partial charge is 0.336 e. The van der Waals surface area contributed by atoms with Crippen molar-refractivity contribution in [2.24, 2.45) is 11.8 Å². The van der Waals surface area contributed by atoms with Crippen LogP contribution in [0.2, 0.25) is 0 Å². The van der Waals surface area contributed by atoms with Gasteiger partial charge in [-0.1, -0.05) is 30.4 Å². The Bertz CT molecular complexity index is 735. The molecular formula is C17H15NO2. The second-order valence-corrected chi connectivity index (χ2v) is 5.80. The minimum Gasteiger partial charge on any atom is -0.478 e. The predicted octanol–water partition coefficient (Wildman–Crippen LogP) is 3.61. The summed E-state index contributed by atoms with van der Waals surface area (Å²) in [5.41, 5.74) is 2.10. The van der Waals surface area contributed by atoms with E-state index in [1.807, 2.05) is 24.3 Å². The fraction of sp³-hybridized carbons (Fsp3) is 0.294. The van der Waals surface area contributed by atoms with Gasteiger partial charge in [0.05, 0.1) is 11.1 Å². The first-order valence-electron chi connectivity index (χ1n) is 7.03. The highest BCUT2D eigenvalue weighted by Crippen LogP contribution is 2.48. The molecule has 2 aliphatic carbocycles. The molecule has 2 bridgehead atoms. The van der Waals surface area contributed by atoms with Gasteiger partial charge in [0.25, 0.3) is 0 Å². The zero-order chi connectivity index (χ0) is 13.7. The number of fused-ring (bicyclic) bond motifs is 3. The topological polar surface area (TPSA) is 50.2 Å². The Balaban J connectivity index is 1.88. The normalized spacial score (nSPS) is 27.3. The molecule has 3 nitrogen and oxygen atoms in total. The van der Waals surface area contributed by atoms with Crippen molar-refractivity contribution in [3.63, 3.8) is 0 Å². The molecule has 2 aromatic rings. The molecule has 1 saturated carbocycles. The maximum atomic E-state index is 11.5. The largest absolute Gasteiger partial charge is 0.478 e. The van der Waals surface area contributed by atoms with Crippen molar-refractivity contribution in [2.45, 2.75) is 18.8 Å². The summed E-state index contributed by atoms with van der Waals surface area (Å²) >= 11 is 0. The van der Waals surface area contributed by atoms with Crippen molar-refractivity contribution >= 4 is 16.9 Å².